The first kappa shape index (κ1) is 22.1. The maximum atomic E-state index is 3.60. The quantitative estimate of drug-likeness (QED) is 0.149. The summed E-state index contributed by atoms with van der Waals surface area (Å²) in [7, 11) is 0. The Morgan fingerprint density at radius 1 is 0.500 bits per heavy atom. The molecule has 0 saturated heterocycles. The third-order valence-corrected chi connectivity index (χ3v) is 6.59. The molecule has 0 N–H and O–H groups in total. The van der Waals surface area contributed by atoms with Gasteiger partial charge in [-0.05, 0) is 80.2 Å². The Hall–Kier alpha value is -3.74. The Kier molecular flexibility index (Phi) is 6.51. The average molecular weight is 439 g/mol. The molecular formula is C34H30. The Morgan fingerprint density at radius 2 is 0.824 bits per heavy atom. The first-order valence-corrected chi connectivity index (χ1v) is 12.6. The summed E-state index contributed by atoms with van der Waals surface area (Å²) in [6.45, 7) is 4.44. The normalized spacial score (nSPS) is 10.9. The van der Waals surface area contributed by atoms with Crippen molar-refractivity contribution >= 4 is 43.1 Å². The van der Waals surface area contributed by atoms with E-state index in [1.54, 1.807) is 0 Å². The highest BCUT2D eigenvalue weighted by atomic mass is 14.2. The van der Waals surface area contributed by atoms with E-state index in [-0.39, 0.29) is 0 Å². The third kappa shape index (κ3) is 4.25. The molecule has 5 aromatic carbocycles. The minimum Gasteiger partial charge on any atom is -0.0978 e. The number of hydrogen-bond acceptors (Lipinski definition) is 0. The molecule has 0 fully saturated rings. The minimum atomic E-state index is 0.930. The van der Waals surface area contributed by atoms with Gasteiger partial charge in [-0.2, -0.15) is 0 Å². The summed E-state index contributed by atoms with van der Waals surface area (Å²) in [5.41, 5.74) is 2.27. The molecule has 0 aromatic heterocycles. The van der Waals surface area contributed by atoms with Gasteiger partial charge in [0, 0.05) is 24.0 Å². The molecule has 0 aliphatic carbocycles. The molecule has 0 nitrogen and oxygen atoms in total. The molecule has 166 valence electrons. The van der Waals surface area contributed by atoms with Gasteiger partial charge in [0.1, 0.15) is 0 Å². The molecule has 0 bridgehead atoms. The highest BCUT2D eigenvalue weighted by Crippen LogP contribution is 2.37. The van der Waals surface area contributed by atoms with Crippen LogP contribution in [0.4, 0.5) is 0 Å². The van der Waals surface area contributed by atoms with Gasteiger partial charge in [-0.15, -0.1) is 0 Å². The molecule has 0 spiro atoms. The van der Waals surface area contributed by atoms with Crippen LogP contribution in [0.5, 0.6) is 0 Å². The lowest BCUT2D eigenvalue weighted by atomic mass is 9.88. The summed E-state index contributed by atoms with van der Waals surface area (Å²) in [4.78, 5) is 0. The maximum absolute atomic E-state index is 3.60. The van der Waals surface area contributed by atoms with Gasteiger partial charge in [-0.25, -0.2) is 0 Å². The summed E-state index contributed by atoms with van der Waals surface area (Å²) in [5, 5.41) is 9.84. The largest absolute Gasteiger partial charge is 0.0978 e. The Labute approximate surface area is 203 Å². The van der Waals surface area contributed by atoms with Gasteiger partial charge in [-0.3, -0.25) is 0 Å². The van der Waals surface area contributed by atoms with Crippen LogP contribution in [0.2, 0.25) is 0 Å². The van der Waals surface area contributed by atoms with Gasteiger partial charge in [0.2, 0.25) is 0 Å². The molecule has 34 heavy (non-hydrogen) atoms. The molecular weight excluding hydrogens is 408 g/mol. The van der Waals surface area contributed by atoms with Gasteiger partial charge in [0.15, 0.2) is 0 Å². The van der Waals surface area contributed by atoms with Crippen molar-refractivity contribution in [3.05, 3.63) is 83.9 Å². The average Bonchev–Trinajstić information content (AvgIpc) is 2.87. The van der Waals surface area contributed by atoms with E-state index in [0.717, 1.165) is 49.7 Å². The molecule has 0 aliphatic rings. The molecule has 5 aromatic rings. The van der Waals surface area contributed by atoms with E-state index in [2.05, 4.69) is 110 Å². The predicted molar refractivity (Wildman–Crippen MR) is 149 cm³/mol. The second-order valence-electron chi connectivity index (χ2n) is 9.05. The van der Waals surface area contributed by atoms with E-state index in [4.69, 9.17) is 0 Å². The molecule has 0 saturated carbocycles. The summed E-state index contributed by atoms with van der Waals surface area (Å²) < 4.78 is 0. The molecule has 0 heterocycles. The fraction of sp³-hybridized carbons (Fsp3) is 0.235. The van der Waals surface area contributed by atoms with Crippen molar-refractivity contribution in [2.75, 3.05) is 0 Å². The topological polar surface area (TPSA) is 0 Å². The van der Waals surface area contributed by atoms with E-state index >= 15 is 0 Å². The van der Waals surface area contributed by atoms with Crippen molar-refractivity contribution in [2.45, 2.75) is 52.4 Å². The van der Waals surface area contributed by atoms with Crippen LogP contribution in [-0.4, -0.2) is 0 Å². The van der Waals surface area contributed by atoms with Crippen LogP contribution in [0.3, 0.4) is 0 Å². The number of fused-ring (bicyclic) bond motifs is 4. The van der Waals surface area contributed by atoms with Gasteiger partial charge in [0.05, 0.1) is 0 Å². The number of unbranched alkanes of at least 4 members (excludes halogenated alkanes) is 4. The van der Waals surface area contributed by atoms with Gasteiger partial charge in [0.25, 0.3) is 0 Å². The van der Waals surface area contributed by atoms with Crippen molar-refractivity contribution in [3.63, 3.8) is 0 Å². The molecule has 5 rings (SSSR count). The molecule has 0 radical (unpaired) electrons. The van der Waals surface area contributed by atoms with Crippen LogP contribution in [0.1, 0.15) is 63.5 Å². The standard InChI is InChI=1S/C34H30/c1-3-5-7-9-19-29-31-21-25-15-11-13-17-27(25)23-33(31)30(20-10-8-6-4-2)34-24-28-18-14-12-16-26(28)22-32(29)34/h11-18,21-24H,3-8H2,1-2H3. The zero-order chi connectivity index (χ0) is 23.3. The first-order chi connectivity index (χ1) is 16.8. The molecule has 0 unspecified atom stereocenters. The fourth-order valence-electron chi connectivity index (χ4n) is 4.70. The Morgan fingerprint density at radius 3 is 1.12 bits per heavy atom. The second kappa shape index (κ2) is 10.0. The Balaban J connectivity index is 1.92. The van der Waals surface area contributed by atoms with Crippen LogP contribution in [-0.2, 0) is 0 Å². The van der Waals surface area contributed by atoms with Crippen LogP contribution < -0.4 is 0 Å². The maximum Gasteiger partial charge on any atom is 0.0403 e. The molecule has 0 amide bonds. The lowest BCUT2D eigenvalue weighted by Crippen LogP contribution is -1.92. The highest BCUT2D eigenvalue weighted by molar-refractivity contribution is 6.16. The lowest BCUT2D eigenvalue weighted by Gasteiger charge is -2.14. The van der Waals surface area contributed by atoms with Gasteiger partial charge >= 0.3 is 0 Å². The van der Waals surface area contributed by atoms with Crippen LogP contribution in [0.25, 0.3) is 43.1 Å². The van der Waals surface area contributed by atoms with Crippen molar-refractivity contribution in [1.82, 2.24) is 0 Å². The molecule has 0 heteroatoms. The van der Waals surface area contributed by atoms with E-state index in [9.17, 15) is 0 Å². The summed E-state index contributed by atoms with van der Waals surface area (Å²) >= 11 is 0. The van der Waals surface area contributed by atoms with Crippen molar-refractivity contribution < 1.29 is 0 Å². The second-order valence-corrected chi connectivity index (χ2v) is 9.05. The molecule has 0 aliphatic heterocycles. The smallest absolute Gasteiger partial charge is 0.0403 e. The van der Waals surface area contributed by atoms with E-state index in [1.807, 2.05) is 0 Å². The van der Waals surface area contributed by atoms with E-state index in [0.29, 0.717) is 0 Å². The fourth-order valence-corrected chi connectivity index (χ4v) is 4.70. The summed E-state index contributed by atoms with van der Waals surface area (Å²) in [5.74, 6) is 14.2. The Bertz CT molecular complexity index is 1410. The third-order valence-electron chi connectivity index (χ3n) is 6.59. The minimum absolute atomic E-state index is 0.930. The molecule has 0 atom stereocenters. The first-order valence-electron chi connectivity index (χ1n) is 12.6. The van der Waals surface area contributed by atoms with E-state index < -0.39 is 0 Å². The van der Waals surface area contributed by atoms with Crippen LogP contribution in [0.15, 0.2) is 72.8 Å². The number of benzene rings is 5. The SMILES string of the molecule is CCCCC#Cc1c2cc3ccccc3cc2c(C#CCCCC)c2cc3ccccc3cc12. The van der Waals surface area contributed by atoms with Gasteiger partial charge < -0.3 is 0 Å². The highest BCUT2D eigenvalue weighted by Gasteiger charge is 2.14. The zero-order valence-electron chi connectivity index (χ0n) is 20.2. The van der Waals surface area contributed by atoms with Crippen LogP contribution >= 0.6 is 0 Å². The van der Waals surface area contributed by atoms with Crippen molar-refractivity contribution in [3.8, 4) is 23.7 Å². The lowest BCUT2D eigenvalue weighted by molar-refractivity contribution is 0.828. The number of rotatable bonds is 4. The summed E-state index contributed by atoms with van der Waals surface area (Å²) in [6.07, 6.45) is 6.46. The predicted octanol–water partition coefficient (Wildman–Crippen LogP) is 9.38. The zero-order valence-corrected chi connectivity index (χ0v) is 20.2. The van der Waals surface area contributed by atoms with Crippen molar-refractivity contribution in [1.29, 1.82) is 0 Å². The monoisotopic (exact) mass is 438 g/mol. The van der Waals surface area contributed by atoms with Crippen LogP contribution in [0, 0.1) is 23.7 Å². The number of hydrogen-bond donors (Lipinski definition) is 0. The van der Waals surface area contributed by atoms with Gasteiger partial charge in [-0.1, -0.05) is 98.9 Å². The van der Waals surface area contributed by atoms with Crippen molar-refractivity contribution in [2.24, 2.45) is 0 Å². The summed E-state index contributed by atoms with van der Waals surface area (Å²) in [6, 6.07) is 26.5. The van der Waals surface area contributed by atoms with E-state index in [1.165, 1.54) is 43.1 Å².